The van der Waals surface area contributed by atoms with Gasteiger partial charge in [0.25, 0.3) is 0 Å². The van der Waals surface area contributed by atoms with Crippen molar-refractivity contribution >= 4 is 5.78 Å². The summed E-state index contributed by atoms with van der Waals surface area (Å²) in [5, 5.41) is 0. The Hall–Kier alpha value is -1.22. The Balaban J connectivity index is 2.59. The quantitative estimate of drug-likeness (QED) is 0.715. The van der Waals surface area contributed by atoms with Crippen LogP contribution in [-0.4, -0.2) is 30.8 Å². The molecule has 0 aliphatic rings. The maximum Gasteiger partial charge on any atom is 0.176 e. The number of nitrogens with zero attached hydrogens (tertiary/aromatic N) is 1. The van der Waals surface area contributed by atoms with E-state index in [1.807, 2.05) is 11.9 Å². The number of hydrogen-bond donors (Lipinski definition) is 0. The summed E-state index contributed by atoms with van der Waals surface area (Å²) >= 11 is 0. The van der Waals surface area contributed by atoms with Gasteiger partial charge in [-0.25, -0.2) is 4.39 Å². The Labute approximate surface area is 96.1 Å². The van der Waals surface area contributed by atoms with Crippen molar-refractivity contribution in [3.05, 3.63) is 35.6 Å². The molecule has 16 heavy (non-hydrogen) atoms. The van der Waals surface area contributed by atoms with Gasteiger partial charge >= 0.3 is 0 Å². The van der Waals surface area contributed by atoms with E-state index in [1.54, 1.807) is 12.1 Å². The molecule has 0 saturated carbocycles. The van der Waals surface area contributed by atoms with E-state index in [2.05, 4.69) is 13.8 Å². The van der Waals surface area contributed by atoms with Gasteiger partial charge in [-0.3, -0.25) is 9.69 Å². The summed E-state index contributed by atoms with van der Waals surface area (Å²) in [5.74, 6) is 0.116. The smallest absolute Gasteiger partial charge is 0.176 e. The first-order chi connectivity index (χ1) is 7.49. The van der Waals surface area contributed by atoms with Gasteiger partial charge in [0.05, 0.1) is 6.54 Å². The van der Waals surface area contributed by atoms with E-state index in [-0.39, 0.29) is 11.6 Å². The molecule has 0 spiro atoms. The Morgan fingerprint density at radius 3 is 2.69 bits per heavy atom. The first-order valence-electron chi connectivity index (χ1n) is 5.46. The highest BCUT2D eigenvalue weighted by atomic mass is 19.1. The summed E-state index contributed by atoms with van der Waals surface area (Å²) < 4.78 is 12.9. The number of likely N-dealkylation sites (N-methyl/N-ethyl adjacent to an activating group) is 1. The average molecular weight is 223 g/mol. The number of rotatable bonds is 5. The second kappa shape index (κ2) is 5.75. The lowest BCUT2D eigenvalue weighted by atomic mass is 10.1. The van der Waals surface area contributed by atoms with Crippen molar-refractivity contribution in [3.63, 3.8) is 0 Å². The van der Waals surface area contributed by atoms with Crippen molar-refractivity contribution in [3.8, 4) is 0 Å². The fraction of sp³-hybridized carbons (Fsp3) is 0.462. The number of carbonyl (C=O) groups excluding carboxylic acids is 1. The van der Waals surface area contributed by atoms with Crippen molar-refractivity contribution in [1.82, 2.24) is 4.90 Å². The molecule has 0 N–H and O–H groups in total. The van der Waals surface area contributed by atoms with Gasteiger partial charge in [0.1, 0.15) is 5.82 Å². The molecule has 0 fully saturated rings. The Morgan fingerprint density at radius 2 is 2.12 bits per heavy atom. The molecule has 0 saturated heterocycles. The van der Waals surface area contributed by atoms with Crippen LogP contribution in [0.1, 0.15) is 24.2 Å². The highest BCUT2D eigenvalue weighted by molar-refractivity contribution is 5.97. The van der Waals surface area contributed by atoms with Crippen LogP contribution in [0.25, 0.3) is 0 Å². The minimum Gasteiger partial charge on any atom is -0.299 e. The first-order valence-corrected chi connectivity index (χ1v) is 5.46. The van der Waals surface area contributed by atoms with Crippen molar-refractivity contribution in [2.24, 2.45) is 5.92 Å². The van der Waals surface area contributed by atoms with E-state index in [0.29, 0.717) is 18.0 Å². The zero-order valence-corrected chi connectivity index (χ0v) is 10.0. The molecule has 0 aliphatic heterocycles. The molecule has 0 atom stereocenters. The van der Waals surface area contributed by atoms with Crippen LogP contribution < -0.4 is 0 Å². The molecule has 2 nitrogen and oxygen atoms in total. The normalized spacial score (nSPS) is 11.1. The molecule has 1 aromatic rings. The number of hydrogen-bond acceptors (Lipinski definition) is 2. The average Bonchev–Trinajstić information content (AvgIpc) is 2.16. The number of benzene rings is 1. The molecule has 1 aromatic carbocycles. The fourth-order valence-corrected chi connectivity index (χ4v) is 1.69. The van der Waals surface area contributed by atoms with Crippen LogP contribution in [0.5, 0.6) is 0 Å². The second-order valence-corrected chi connectivity index (χ2v) is 4.52. The molecule has 0 radical (unpaired) electrons. The summed E-state index contributed by atoms with van der Waals surface area (Å²) in [6, 6.07) is 5.83. The molecule has 0 bridgehead atoms. The minimum absolute atomic E-state index is 0.0392. The van der Waals surface area contributed by atoms with Crippen LogP contribution >= 0.6 is 0 Å². The molecule has 0 aromatic heterocycles. The highest BCUT2D eigenvalue weighted by Crippen LogP contribution is 2.06. The van der Waals surface area contributed by atoms with Crippen molar-refractivity contribution in [2.45, 2.75) is 13.8 Å². The van der Waals surface area contributed by atoms with Gasteiger partial charge in [-0.15, -0.1) is 0 Å². The number of ketones is 1. The number of Topliss-reactive ketones (excluding diaryl/α,β-unsaturated/α-hetero) is 1. The predicted octanol–water partition coefficient (Wildman–Crippen LogP) is 2.60. The van der Waals surface area contributed by atoms with Crippen molar-refractivity contribution < 1.29 is 9.18 Å². The molecular weight excluding hydrogens is 205 g/mol. The topological polar surface area (TPSA) is 20.3 Å². The summed E-state index contributed by atoms with van der Waals surface area (Å²) in [6.07, 6.45) is 0. The third-order valence-electron chi connectivity index (χ3n) is 2.24. The largest absolute Gasteiger partial charge is 0.299 e. The lowest BCUT2D eigenvalue weighted by Gasteiger charge is -2.17. The summed E-state index contributed by atoms with van der Waals surface area (Å²) in [4.78, 5) is 13.7. The van der Waals surface area contributed by atoms with Crippen LogP contribution in [0.2, 0.25) is 0 Å². The molecule has 0 aliphatic carbocycles. The summed E-state index contributed by atoms with van der Waals surface area (Å²) in [6.45, 7) is 5.40. The fourth-order valence-electron chi connectivity index (χ4n) is 1.69. The van der Waals surface area contributed by atoms with Crippen LogP contribution in [0.3, 0.4) is 0 Å². The standard InChI is InChI=1S/C13H18FNO/c1-10(2)8-15(3)9-13(16)11-5-4-6-12(14)7-11/h4-7,10H,8-9H2,1-3H3. The van der Waals surface area contributed by atoms with E-state index in [4.69, 9.17) is 0 Å². The van der Waals surface area contributed by atoms with Crippen molar-refractivity contribution in [2.75, 3.05) is 20.1 Å². The van der Waals surface area contributed by atoms with E-state index in [1.165, 1.54) is 12.1 Å². The number of halogens is 1. The van der Waals surface area contributed by atoms with Gasteiger partial charge in [-0.1, -0.05) is 26.0 Å². The zero-order chi connectivity index (χ0) is 12.1. The van der Waals surface area contributed by atoms with E-state index in [9.17, 15) is 9.18 Å². The molecule has 0 heterocycles. The van der Waals surface area contributed by atoms with Gasteiger partial charge in [0.2, 0.25) is 0 Å². The third kappa shape index (κ3) is 4.11. The lowest BCUT2D eigenvalue weighted by Crippen LogP contribution is -2.29. The SMILES string of the molecule is CC(C)CN(C)CC(=O)c1cccc(F)c1. The highest BCUT2D eigenvalue weighted by Gasteiger charge is 2.10. The van der Waals surface area contributed by atoms with E-state index in [0.717, 1.165) is 6.54 Å². The molecule has 3 heteroatoms. The lowest BCUT2D eigenvalue weighted by molar-refractivity contribution is 0.0940. The molecule has 0 unspecified atom stereocenters. The van der Waals surface area contributed by atoms with Gasteiger partial charge < -0.3 is 0 Å². The summed E-state index contributed by atoms with van der Waals surface area (Å²) in [7, 11) is 1.90. The molecule has 88 valence electrons. The van der Waals surface area contributed by atoms with E-state index < -0.39 is 0 Å². The Bertz CT molecular complexity index is 363. The van der Waals surface area contributed by atoms with Gasteiger partial charge in [0.15, 0.2) is 5.78 Å². The van der Waals surface area contributed by atoms with Crippen LogP contribution in [0.4, 0.5) is 4.39 Å². The Kier molecular flexibility index (Phi) is 4.62. The maximum absolute atomic E-state index is 12.9. The molecule has 1 rings (SSSR count). The third-order valence-corrected chi connectivity index (χ3v) is 2.24. The monoisotopic (exact) mass is 223 g/mol. The number of carbonyl (C=O) groups is 1. The zero-order valence-electron chi connectivity index (χ0n) is 10.0. The molecular formula is C13H18FNO. The van der Waals surface area contributed by atoms with Gasteiger partial charge in [-0.2, -0.15) is 0 Å². The van der Waals surface area contributed by atoms with Crippen LogP contribution in [0, 0.1) is 11.7 Å². The minimum atomic E-state index is -0.364. The van der Waals surface area contributed by atoms with Crippen molar-refractivity contribution in [1.29, 1.82) is 0 Å². The Morgan fingerprint density at radius 1 is 1.44 bits per heavy atom. The van der Waals surface area contributed by atoms with Crippen LogP contribution in [-0.2, 0) is 0 Å². The van der Waals surface area contributed by atoms with Gasteiger partial charge in [0, 0.05) is 12.1 Å². The van der Waals surface area contributed by atoms with Gasteiger partial charge in [-0.05, 0) is 25.1 Å². The second-order valence-electron chi connectivity index (χ2n) is 4.52. The van der Waals surface area contributed by atoms with E-state index >= 15 is 0 Å². The summed E-state index contributed by atoms with van der Waals surface area (Å²) in [5.41, 5.74) is 0.440. The molecule has 0 amide bonds. The first kappa shape index (κ1) is 12.8. The predicted molar refractivity (Wildman–Crippen MR) is 63.1 cm³/mol. The maximum atomic E-state index is 12.9. The van der Waals surface area contributed by atoms with Crippen LogP contribution in [0.15, 0.2) is 24.3 Å².